The number of furan rings is 2. The number of rotatable bonds is 7. The Labute approximate surface area is 141 Å². The highest BCUT2D eigenvalue weighted by Crippen LogP contribution is 2.17. The van der Waals surface area contributed by atoms with Crippen LogP contribution in [0.15, 0.2) is 76.0 Å². The van der Waals surface area contributed by atoms with E-state index in [1.165, 1.54) is 11.8 Å². The monoisotopic (exact) mass is 323 g/mol. The van der Waals surface area contributed by atoms with Crippen LogP contribution >= 0.6 is 0 Å². The number of carbonyl (C=O) groups is 1. The summed E-state index contributed by atoms with van der Waals surface area (Å²) in [5.74, 6) is 1.01. The van der Waals surface area contributed by atoms with Gasteiger partial charge in [0.15, 0.2) is 5.76 Å². The van der Waals surface area contributed by atoms with Crippen molar-refractivity contribution in [1.29, 1.82) is 0 Å². The largest absolute Gasteiger partial charge is 0.467 e. The number of benzene rings is 1. The molecule has 0 unspecified atom stereocenters. The van der Waals surface area contributed by atoms with Gasteiger partial charge in [0.1, 0.15) is 5.76 Å². The molecule has 0 saturated carbocycles. The molecule has 0 fully saturated rings. The molecule has 2 heterocycles. The minimum Gasteiger partial charge on any atom is -0.467 e. The summed E-state index contributed by atoms with van der Waals surface area (Å²) in [6.45, 7) is 2.50. The predicted octanol–water partition coefficient (Wildman–Crippen LogP) is 4.54. The highest BCUT2D eigenvalue weighted by Gasteiger charge is 2.24. The number of amides is 1. The molecule has 3 rings (SSSR count). The van der Waals surface area contributed by atoms with Gasteiger partial charge in [0.25, 0.3) is 5.91 Å². The predicted molar refractivity (Wildman–Crippen MR) is 91.5 cm³/mol. The number of nitrogens with zero attached hydrogens (tertiary/aromatic N) is 1. The third-order valence-electron chi connectivity index (χ3n) is 4.12. The molecule has 0 aliphatic carbocycles. The summed E-state index contributed by atoms with van der Waals surface area (Å²) in [6, 6.07) is 17.5. The first kappa shape index (κ1) is 16.1. The first-order valence-electron chi connectivity index (χ1n) is 8.15. The summed E-state index contributed by atoms with van der Waals surface area (Å²) in [5.41, 5.74) is 1.27. The molecule has 124 valence electrons. The highest BCUT2D eigenvalue weighted by atomic mass is 16.3. The lowest BCUT2D eigenvalue weighted by molar-refractivity contribution is 0.0619. The molecule has 2 aromatic heterocycles. The van der Waals surface area contributed by atoms with E-state index in [-0.39, 0.29) is 11.9 Å². The molecule has 0 aliphatic heterocycles. The quantitative estimate of drug-likeness (QED) is 0.641. The van der Waals surface area contributed by atoms with E-state index in [1.54, 1.807) is 23.3 Å². The van der Waals surface area contributed by atoms with Gasteiger partial charge in [-0.3, -0.25) is 4.79 Å². The Morgan fingerprint density at radius 3 is 2.42 bits per heavy atom. The summed E-state index contributed by atoms with van der Waals surface area (Å²) >= 11 is 0. The molecular formula is C20H21NO3. The standard InChI is InChI=1S/C20H21NO3/c1-16(11-12-17-7-3-2-4-8-17)21(15-18-9-5-13-23-18)20(22)19-10-6-14-24-19/h2-10,13-14,16H,11-12,15H2,1H3/t16-/m0/s1. The van der Waals surface area contributed by atoms with E-state index in [1.807, 2.05) is 30.3 Å². The zero-order chi connectivity index (χ0) is 16.8. The van der Waals surface area contributed by atoms with Crippen molar-refractivity contribution in [3.63, 3.8) is 0 Å². The van der Waals surface area contributed by atoms with Crippen molar-refractivity contribution in [2.45, 2.75) is 32.4 Å². The number of hydrogen-bond donors (Lipinski definition) is 0. The van der Waals surface area contributed by atoms with E-state index < -0.39 is 0 Å². The maximum absolute atomic E-state index is 12.8. The lowest BCUT2D eigenvalue weighted by Gasteiger charge is -2.28. The summed E-state index contributed by atoms with van der Waals surface area (Å²) in [6.07, 6.45) is 4.94. The zero-order valence-electron chi connectivity index (χ0n) is 13.7. The fourth-order valence-electron chi connectivity index (χ4n) is 2.72. The topological polar surface area (TPSA) is 46.6 Å². The molecule has 0 saturated heterocycles. The smallest absolute Gasteiger partial charge is 0.290 e. The third-order valence-corrected chi connectivity index (χ3v) is 4.12. The van der Waals surface area contributed by atoms with Crippen LogP contribution in [0.3, 0.4) is 0 Å². The van der Waals surface area contributed by atoms with Gasteiger partial charge in [0, 0.05) is 6.04 Å². The average molecular weight is 323 g/mol. The Kier molecular flexibility index (Phi) is 5.16. The van der Waals surface area contributed by atoms with Crippen LogP contribution in [0.1, 0.15) is 35.2 Å². The molecule has 1 atom stereocenters. The number of hydrogen-bond acceptors (Lipinski definition) is 3. The number of carbonyl (C=O) groups excluding carboxylic acids is 1. The van der Waals surface area contributed by atoms with Crippen molar-refractivity contribution < 1.29 is 13.6 Å². The van der Waals surface area contributed by atoms with Crippen molar-refractivity contribution in [1.82, 2.24) is 4.90 Å². The zero-order valence-corrected chi connectivity index (χ0v) is 13.7. The van der Waals surface area contributed by atoms with Gasteiger partial charge < -0.3 is 13.7 Å². The normalized spacial score (nSPS) is 12.0. The van der Waals surface area contributed by atoms with Gasteiger partial charge >= 0.3 is 0 Å². The molecule has 0 N–H and O–H groups in total. The second kappa shape index (κ2) is 7.68. The van der Waals surface area contributed by atoms with Crippen LogP contribution in [0.2, 0.25) is 0 Å². The molecule has 4 heteroatoms. The lowest BCUT2D eigenvalue weighted by atomic mass is 10.0. The van der Waals surface area contributed by atoms with Gasteiger partial charge in [0.2, 0.25) is 0 Å². The van der Waals surface area contributed by atoms with E-state index >= 15 is 0 Å². The minimum atomic E-state index is -0.114. The first-order chi connectivity index (χ1) is 11.7. The molecule has 0 spiro atoms. The van der Waals surface area contributed by atoms with E-state index in [0.717, 1.165) is 18.6 Å². The highest BCUT2D eigenvalue weighted by molar-refractivity contribution is 5.91. The van der Waals surface area contributed by atoms with E-state index in [2.05, 4.69) is 19.1 Å². The van der Waals surface area contributed by atoms with Crippen LogP contribution in [-0.4, -0.2) is 16.8 Å². The maximum atomic E-state index is 12.8. The molecule has 0 radical (unpaired) electrons. The fraction of sp³-hybridized carbons (Fsp3) is 0.250. The molecule has 0 aliphatic rings. The Hall–Kier alpha value is -2.75. The van der Waals surface area contributed by atoms with Crippen molar-refractivity contribution in [2.75, 3.05) is 0 Å². The fourth-order valence-corrected chi connectivity index (χ4v) is 2.72. The van der Waals surface area contributed by atoms with E-state index in [9.17, 15) is 4.79 Å². The molecule has 3 aromatic rings. The SMILES string of the molecule is C[C@@H](CCc1ccccc1)N(Cc1ccco1)C(=O)c1ccco1. The van der Waals surface area contributed by atoms with Crippen molar-refractivity contribution >= 4 is 5.91 Å². The van der Waals surface area contributed by atoms with Crippen LogP contribution in [0, 0.1) is 0 Å². The van der Waals surface area contributed by atoms with Crippen LogP contribution < -0.4 is 0 Å². The average Bonchev–Trinajstić information content (AvgIpc) is 3.31. The third kappa shape index (κ3) is 3.96. The van der Waals surface area contributed by atoms with Crippen LogP contribution in [0.4, 0.5) is 0 Å². The van der Waals surface area contributed by atoms with Gasteiger partial charge in [-0.05, 0) is 49.6 Å². The number of aryl methyl sites for hydroxylation is 1. The first-order valence-corrected chi connectivity index (χ1v) is 8.15. The summed E-state index contributed by atoms with van der Waals surface area (Å²) in [5, 5.41) is 0. The second-order valence-corrected chi connectivity index (χ2v) is 5.86. The van der Waals surface area contributed by atoms with Gasteiger partial charge in [-0.15, -0.1) is 0 Å². The Bertz CT molecular complexity index is 733. The summed E-state index contributed by atoms with van der Waals surface area (Å²) in [4.78, 5) is 14.6. The van der Waals surface area contributed by atoms with Crippen LogP contribution in [-0.2, 0) is 13.0 Å². The van der Waals surface area contributed by atoms with Gasteiger partial charge in [-0.1, -0.05) is 30.3 Å². The minimum absolute atomic E-state index is 0.0629. The van der Waals surface area contributed by atoms with Gasteiger partial charge in [0.05, 0.1) is 19.1 Å². The van der Waals surface area contributed by atoms with Crippen molar-refractivity contribution in [3.05, 3.63) is 84.2 Å². The Balaban J connectivity index is 1.71. The summed E-state index contributed by atoms with van der Waals surface area (Å²) in [7, 11) is 0. The van der Waals surface area contributed by atoms with Crippen LogP contribution in [0.5, 0.6) is 0 Å². The molecule has 1 amide bonds. The van der Waals surface area contributed by atoms with E-state index in [4.69, 9.17) is 8.83 Å². The van der Waals surface area contributed by atoms with E-state index in [0.29, 0.717) is 12.3 Å². The van der Waals surface area contributed by atoms with Gasteiger partial charge in [-0.2, -0.15) is 0 Å². The van der Waals surface area contributed by atoms with Crippen LogP contribution in [0.25, 0.3) is 0 Å². The van der Waals surface area contributed by atoms with Gasteiger partial charge in [-0.25, -0.2) is 0 Å². The Morgan fingerprint density at radius 1 is 1.00 bits per heavy atom. The maximum Gasteiger partial charge on any atom is 0.290 e. The molecule has 4 nitrogen and oxygen atoms in total. The van der Waals surface area contributed by atoms with Crippen molar-refractivity contribution in [3.8, 4) is 0 Å². The molecule has 1 aromatic carbocycles. The second-order valence-electron chi connectivity index (χ2n) is 5.86. The Morgan fingerprint density at radius 2 is 1.75 bits per heavy atom. The molecule has 24 heavy (non-hydrogen) atoms. The lowest BCUT2D eigenvalue weighted by Crippen LogP contribution is -2.38. The summed E-state index contributed by atoms with van der Waals surface area (Å²) < 4.78 is 10.7. The molecular weight excluding hydrogens is 302 g/mol. The van der Waals surface area contributed by atoms with Crippen molar-refractivity contribution in [2.24, 2.45) is 0 Å². The molecule has 0 bridgehead atoms.